The monoisotopic (exact) mass is 387 g/mol. The highest BCUT2D eigenvalue weighted by Crippen LogP contribution is 2.30. The minimum Gasteiger partial charge on any atom is -0.497 e. The largest absolute Gasteiger partial charge is 0.497 e. The first-order valence-corrected chi connectivity index (χ1v) is 7.33. The third-order valence-electron chi connectivity index (χ3n) is 3.11. The standard InChI is InChI=1S/C15H15ClINO/c1-9-7-11(19-2)4-5-12(9)15(18)13-8-10(16)3-6-14(13)17/h3-8,15H,18H2,1-2H3. The summed E-state index contributed by atoms with van der Waals surface area (Å²) in [6.45, 7) is 2.04. The van der Waals surface area contributed by atoms with E-state index < -0.39 is 0 Å². The predicted octanol–water partition coefficient (Wildman–Crippen LogP) is 4.31. The van der Waals surface area contributed by atoms with Crippen LogP contribution in [0.1, 0.15) is 22.7 Å². The normalized spacial score (nSPS) is 12.3. The lowest BCUT2D eigenvalue weighted by Gasteiger charge is -2.17. The number of hydrogen-bond acceptors (Lipinski definition) is 2. The molecule has 0 amide bonds. The number of aryl methyl sites for hydroxylation is 1. The summed E-state index contributed by atoms with van der Waals surface area (Å²) in [5.74, 6) is 0.842. The molecule has 0 aromatic heterocycles. The van der Waals surface area contributed by atoms with Gasteiger partial charge >= 0.3 is 0 Å². The molecule has 4 heteroatoms. The van der Waals surface area contributed by atoms with Gasteiger partial charge in [-0.3, -0.25) is 0 Å². The lowest BCUT2D eigenvalue weighted by atomic mass is 9.95. The number of methoxy groups -OCH3 is 1. The quantitative estimate of drug-likeness (QED) is 0.797. The highest BCUT2D eigenvalue weighted by atomic mass is 127. The third kappa shape index (κ3) is 3.22. The Hall–Kier alpha value is -0.780. The zero-order chi connectivity index (χ0) is 14.0. The summed E-state index contributed by atoms with van der Waals surface area (Å²) in [7, 11) is 1.66. The molecule has 1 atom stereocenters. The molecule has 2 N–H and O–H groups in total. The predicted molar refractivity (Wildman–Crippen MR) is 87.9 cm³/mol. The Morgan fingerprint density at radius 2 is 1.89 bits per heavy atom. The van der Waals surface area contributed by atoms with Crippen molar-refractivity contribution in [3.05, 3.63) is 61.7 Å². The van der Waals surface area contributed by atoms with Crippen molar-refractivity contribution in [1.82, 2.24) is 0 Å². The van der Waals surface area contributed by atoms with Crippen LogP contribution in [0.15, 0.2) is 36.4 Å². The van der Waals surface area contributed by atoms with E-state index in [9.17, 15) is 0 Å². The van der Waals surface area contributed by atoms with Crippen LogP contribution in [-0.4, -0.2) is 7.11 Å². The van der Waals surface area contributed by atoms with Gasteiger partial charge in [-0.05, 0) is 76.5 Å². The third-order valence-corrected chi connectivity index (χ3v) is 4.32. The van der Waals surface area contributed by atoms with E-state index in [4.69, 9.17) is 22.1 Å². The van der Waals surface area contributed by atoms with Crippen LogP contribution < -0.4 is 10.5 Å². The number of hydrogen-bond donors (Lipinski definition) is 1. The molecule has 2 nitrogen and oxygen atoms in total. The van der Waals surface area contributed by atoms with Crippen LogP contribution in [0.3, 0.4) is 0 Å². The van der Waals surface area contributed by atoms with Crippen LogP contribution in [0.5, 0.6) is 5.75 Å². The fraction of sp³-hybridized carbons (Fsp3) is 0.200. The number of rotatable bonds is 3. The van der Waals surface area contributed by atoms with E-state index in [2.05, 4.69) is 22.6 Å². The zero-order valence-corrected chi connectivity index (χ0v) is 13.7. The Bertz CT molecular complexity index is 601. The fourth-order valence-electron chi connectivity index (χ4n) is 2.04. The summed E-state index contributed by atoms with van der Waals surface area (Å²) in [5.41, 5.74) is 9.61. The van der Waals surface area contributed by atoms with E-state index >= 15 is 0 Å². The molecular weight excluding hydrogens is 373 g/mol. The molecule has 0 heterocycles. The SMILES string of the molecule is COc1ccc(C(N)c2cc(Cl)ccc2I)c(C)c1. The van der Waals surface area contributed by atoms with Gasteiger partial charge < -0.3 is 10.5 Å². The molecule has 0 aliphatic carbocycles. The van der Waals surface area contributed by atoms with Gasteiger partial charge in [-0.1, -0.05) is 17.7 Å². The fourth-order valence-corrected chi connectivity index (χ4v) is 2.90. The van der Waals surface area contributed by atoms with Crippen molar-refractivity contribution in [2.75, 3.05) is 7.11 Å². The van der Waals surface area contributed by atoms with E-state index in [0.717, 1.165) is 26.0 Å². The Kier molecular flexibility index (Phi) is 4.71. The number of benzene rings is 2. The Balaban J connectivity index is 2.43. The highest BCUT2D eigenvalue weighted by molar-refractivity contribution is 14.1. The van der Waals surface area contributed by atoms with Crippen LogP contribution in [-0.2, 0) is 0 Å². The molecule has 0 spiro atoms. The molecule has 2 aromatic carbocycles. The molecule has 100 valence electrons. The van der Waals surface area contributed by atoms with Gasteiger partial charge in [0.15, 0.2) is 0 Å². The second-order valence-electron chi connectivity index (χ2n) is 4.37. The molecule has 0 aliphatic heterocycles. The van der Waals surface area contributed by atoms with Crippen LogP contribution in [0, 0.1) is 10.5 Å². The molecule has 2 rings (SSSR count). The van der Waals surface area contributed by atoms with Crippen LogP contribution >= 0.6 is 34.2 Å². The zero-order valence-electron chi connectivity index (χ0n) is 10.8. The molecule has 0 fully saturated rings. The summed E-state index contributed by atoms with van der Waals surface area (Å²) in [6.07, 6.45) is 0. The first-order chi connectivity index (χ1) is 9.02. The number of halogens is 2. The van der Waals surface area contributed by atoms with Crippen molar-refractivity contribution in [1.29, 1.82) is 0 Å². The van der Waals surface area contributed by atoms with Crippen LogP contribution in [0.4, 0.5) is 0 Å². The van der Waals surface area contributed by atoms with E-state index in [1.165, 1.54) is 0 Å². The van der Waals surface area contributed by atoms with E-state index in [1.54, 1.807) is 7.11 Å². The van der Waals surface area contributed by atoms with E-state index in [-0.39, 0.29) is 6.04 Å². The molecule has 1 unspecified atom stereocenters. The average molecular weight is 388 g/mol. The molecule has 2 aromatic rings. The minimum absolute atomic E-state index is 0.184. The van der Waals surface area contributed by atoms with Crippen molar-refractivity contribution in [2.24, 2.45) is 5.73 Å². The lowest BCUT2D eigenvalue weighted by molar-refractivity contribution is 0.414. The maximum atomic E-state index is 6.37. The number of nitrogens with two attached hydrogens (primary N) is 1. The first-order valence-electron chi connectivity index (χ1n) is 5.88. The molecule has 0 saturated carbocycles. The van der Waals surface area contributed by atoms with Crippen molar-refractivity contribution in [3.63, 3.8) is 0 Å². The van der Waals surface area contributed by atoms with Crippen molar-refractivity contribution >= 4 is 34.2 Å². The lowest BCUT2D eigenvalue weighted by Crippen LogP contribution is -2.14. The molecule has 0 saturated heterocycles. The minimum atomic E-state index is -0.184. The molecule has 0 radical (unpaired) electrons. The van der Waals surface area contributed by atoms with Crippen molar-refractivity contribution in [3.8, 4) is 5.75 Å². The van der Waals surface area contributed by atoms with E-state index in [1.807, 2.05) is 43.3 Å². The topological polar surface area (TPSA) is 35.2 Å². The summed E-state index contributed by atoms with van der Waals surface area (Å²) < 4.78 is 6.33. The van der Waals surface area contributed by atoms with Gasteiger partial charge in [0.25, 0.3) is 0 Å². The van der Waals surface area contributed by atoms with Crippen molar-refractivity contribution in [2.45, 2.75) is 13.0 Å². The second-order valence-corrected chi connectivity index (χ2v) is 5.96. The molecule has 0 bridgehead atoms. The van der Waals surface area contributed by atoms with Gasteiger partial charge in [0.1, 0.15) is 5.75 Å². The Morgan fingerprint density at radius 1 is 1.16 bits per heavy atom. The Morgan fingerprint density at radius 3 is 2.53 bits per heavy atom. The summed E-state index contributed by atoms with van der Waals surface area (Å²) in [5, 5.41) is 0.706. The van der Waals surface area contributed by atoms with Gasteiger partial charge in [0.05, 0.1) is 13.2 Å². The van der Waals surface area contributed by atoms with Gasteiger partial charge in [-0.25, -0.2) is 0 Å². The van der Waals surface area contributed by atoms with Gasteiger partial charge in [-0.15, -0.1) is 0 Å². The van der Waals surface area contributed by atoms with Crippen molar-refractivity contribution < 1.29 is 4.74 Å². The van der Waals surface area contributed by atoms with Crippen LogP contribution in [0.2, 0.25) is 5.02 Å². The maximum Gasteiger partial charge on any atom is 0.119 e. The summed E-state index contributed by atoms with van der Waals surface area (Å²) >= 11 is 8.34. The summed E-state index contributed by atoms with van der Waals surface area (Å²) in [4.78, 5) is 0. The summed E-state index contributed by atoms with van der Waals surface area (Å²) in [6, 6.07) is 11.5. The van der Waals surface area contributed by atoms with Crippen LogP contribution in [0.25, 0.3) is 0 Å². The maximum absolute atomic E-state index is 6.37. The van der Waals surface area contributed by atoms with Gasteiger partial charge in [-0.2, -0.15) is 0 Å². The smallest absolute Gasteiger partial charge is 0.119 e. The van der Waals surface area contributed by atoms with Gasteiger partial charge in [0.2, 0.25) is 0 Å². The van der Waals surface area contributed by atoms with Gasteiger partial charge in [0, 0.05) is 8.59 Å². The van der Waals surface area contributed by atoms with E-state index in [0.29, 0.717) is 5.02 Å². The average Bonchev–Trinajstić information content (AvgIpc) is 2.40. The second kappa shape index (κ2) is 6.11. The number of ether oxygens (including phenoxy) is 1. The highest BCUT2D eigenvalue weighted by Gasteiger charge is 2.15. The molecular formula is C15H15ClINO. The Labute approximate surface area is 132 Å². The first kappa shape index (κ1) is 14.6. The molecule has 19 heavy (non-hydrogen) atoms. The molecule has 0 aliphatic rings.